The van der Waals surface area contributed by atoms with Crippen LogP contribution in [0.2, 0.25) is 0 Å². The molecule has 6 nitrogen and oxygen atoms in total. The molecule has 0 aromatic carbocycles. The van der Waals surface area contributed by atoms with Crippen molar-refractivity contribution in [1.82, 2.24) is 4.47 Å². The molecule has 0 amide bonds. The van der Waals surface area contributed by atoms with Gasteiger partial charge in [0.05, 0.1) is 12.0 Å². The number of fused-ring (bicyclic) bond motifs is 1. The van der Waals surface area contributed by atoms with Crippen molar-refractivity contribution in [3.8, 4) is 0 Å². The third kappa shape index (κ3) is 3.38. The zero-order chi connectivity index (χ0) is 19.3. The molecular weight excluding hydrogens is 375 g/mol. The molecule has 3 aliphatic rings. The lowest BCUT2D eigenvalue weighted by Crippen LogP contribution is -2.38. The smallest absolute Gasteiger partial charge is 0.510 e. The van der Waals surface area contributed by atoms with Crippen molar-refractivity contribution >= 4 is 16.0 Å². The number of alkyl halides is 3. The Morgan fingerprint density at radius 3 is 2.77 bits per heavy atom. The van der Waals surface area contributed by atoms with Crippen molar-refractivity contribution in [1.29, 1.82) is 0 Å². The SMILES string of the molecule is CC1(C(=O)OCCCN([O-])S(=O)(=O)C(F)(F)F)C=C2CC3CC(CC23)C1. The third-order valence-corrected chi connectivity index (χ3v) is 7.03. The molecule has 148 valence electrons. The van der Waals surface area contributed by atoms with Crippen LogP contribution in [0.1, 0.15) is 39.0 Å². The van der Waals surface area contributed by atoms with Gasteiger partial charge >= 0.3 is 21.5 Å². The summed E-state index contributed by atoms with van der Waals surface area (Å²) >= 11 is 0. The Labute approximate surface area is 150 Å². The minimum absolute atomic E-state index is 0.300. The lowest BCUT2D eigenvalue weighted by Gasteiger charge is -2.37. The van der Waals surface area contributed by atoms with Gasteiger partial charge in [0.25, 0.3) is 0 Å². The van der Waals surface area contributed by atoms with Crippen LogP contribution in [0.15, 0.2) is 11.6 Å². The Balaban J connectivity index is 1.50. The molecule has 0 spiro atoms. The summed E-state index contributed by atoms with van der Waals surface area (Å²) < 4.78 is 62.7. The Hall–Kier alpha value is -1.13. The summed E-state index contributed by atoms with van der Waals surface area (Å²) in [5.41, 5.74) is -5.11. The van der Waals surface area contributed by atoms with E-state index in [2.05, 4.69) is 0 Å². The maximum Gasteiger partial charge on any atom is 0.510 e. The van der Waals surface area contributed by atoms with Gasteiger partial charge in [-0.05, 0) is 56.8 Å². The van der Waals surface area contributed by atoms with Crippen LogP contribution in [-0.4, -0.2) is 37.5 Å². The van der Waals surface area contributed by atoms with Gasteiger partial charge in [-0.3, -0.25) is 9.26 Å². The van der Waals surface area contributed by atoms with Gasteiger partial charge in [0.2, 0.25) is 0 Å². The molecular formula is C16H21F3NO5S-. The number of nitrogens with zero attached hydrogens (tertiary/aromatic N) is 1. The number of halogens is 3. The summed E-state index contributed by atoms with van der Waals surface area (Å²) in [7, 11) is -5.89. The highest BCUT2D eigenvalue weighted by Crippen LogP contribution is 2.59. The summed E-state index contributed by atoms with van der Waals surface area (Å²) in [4.78, 5) is 12.5. The van der Waals surface area contributed by atoms with E-state index in [1.54, 1.807) is 6.92 Å². The molecule has 3 rings (SSSR count). The maximum atomic E-state index is 12.5. The van der Waals surface area contributed by atoms with Crippen molar-refractivity contribution in [3.63, 3.8) is 0 Å². The molecule has 2 saturated carbocycles. The molecule has 0 radical (unpaired) electrons. The monoisotopic (exact) mass is 396 g/mol. The fourth-order valence-electron chi connectivity index (χ4n) is 4.52. The number of carbonyl (C=O) groups excluding carboxylic acids is 1. The molecule has 4 atom stereocenters. The number of carbonyl (C=O) groups is 1. The molecule has 0 aliphatic heterocycles. The first kappa shape index (κ1) is 19.6. The van der Waals surface area contributed by atoms with E-state index in [0.29, 0.717) is 18.3 Å². The van der Waals surface area contributed by atoms with E-state index in [1.807, 2.05) is 6.08 Å². The summed E-state index contributed by atoms with van der Waals surface area (Å²) in [6.07, 6.45) is 5.59. The first-order chi connectivity index (χ1) is 11.9. The van der Waals surface area contributed by atoms with Gasteiger partial charge < -0.3 is 9.94 Å². The van der Waals surface area contributed by atoms with Gasteiger partial charge in [0.1, 0.15) is 0 Å². The van der Waals surface area contributed by atoms with Crippen molar-refractivity contribution in [2.75, 3.05) is 13.2 Å². The number of ether oxygens (including phenoxy) is 1. The van der Waals surface area contributed by atoms with E-state index in [9.17, 15) is 31.6 Å². The second-order valence-electron chi connectivity index (χ2n) is 7.72. The van der Waals surface area contributed by atoms with E-state index in [0.717, 1.165) is 25.2 Å². The summed E-state index contributed by atoms with van der Waals surface area (Å²) in [5.74, 6) is 1.31. The topological polar surface area (TPSA) is 86.7 Å². The minimum Gasteiger partial charge on any atom is -0.772 e. The predicted molar refractivity (Wildman–Crippen MR) is 85.8 cm³/mol. The highest BCUT2D eigenvalue weighted by Gasteiger charge is 2.51. The number of sulfonamides is 1. The summed E-state index contributed by atoms with van der Waals surface area (Å²) in [6, 6.07) is 0. The average Bonchev–Trinajstić information content (AvgIpc) is 2.76. The quantitative estimate of drug-likeness (QED) is 0.298. The Kier molecular flexibility index (Phi) is 4.90. The van der Waals surface area contributed by atoms with Gasteiger partial charge in [-0.2, -0.15) is 13.2 Å². The molecule has 0 aromatic rings. The molecule has 2 fully saturated rings. The second-order valence-corrected chi connectivity index (χ2v) is 9.54. The molecule has 0 saturated heterocycles. The standard InChI is InChI=1S/C16H21F3NO5S/c1-15(8-10-5-11-7-12(9-15)13(11)6-10)14(21)25-4-2-3-20(22)26(23,24)16(17,18)19/h9-11,13H,2-8H2,1H3/q-1. The van der Waals surface area contributed by atoms with Crippen LogP contribution in [0.5, 0.6) is 0 Å². The van der Waals surface area contributed by atoms with Crippen molar-refractivity contribution in [3.05, 3.63) is 16.9 Å². The van der Waals surface area contributed by atoms with Gasteiger partial charge in [-0.15, -0.1) is 0 Å². The fraction of sp³-hybridized carbons (Fsp3) is 0.812. The lowest BCUT2D eigenvalue weighted by atomic mass is 9.67. The van der Waals surface area contributed by atoms with Crippen LogP contribution in [0, 0.1) is 28.4 Å². The zero-order valence-electron chi connectivity index (χ0n) is 14.3. The van der Waals surface area contributed by atoms with E-state index in [1.165, 1.54) is 5.57 Å². The van der Waals surface area contributed by atoms with Crippen molar-refractivity contribution < 1.29 is 31.1 Å². The molecule has 0 heterocycles. The largest absolute Gasteiger partial charge is 0.772 e. The number of rotatable bonds is 6. The minimum atomic E-state index is -5.89. The zero-order valence-corrected chi connectivity index (χ0v) is 15.1. The number of hydroxylamine groups is 1. The van der Waals surface area contributed by atoms with Gasteiger partial charge in [-0.25, -0.2) is 8.42 Å². The van der Waals surface area contributed by atoms with Gasteiger partial charge in [-0.1, -0.05) is 11.6 Å². The molecule has 0 N–H and O–H groups in total. The highest BCUT2D eigenvalue weighted by atomic mass is 32.2. The number of esters is 1. The third-order valence-electron chi connectivity index (χ3n) is 5.73. The summed E-state index contributed by atoms with van der Waals surface area (Å²) in [6.45, 7) is 0.574. The van der Waals surface area contributed by atoms with Crippen LogP contribution in [0.25, 0.3) is 0 Å². The lowest BCUT2D eigenvalue weighted by molar-refractivity contribution is -0.153. The Bertz CT molecular complexity index is 720. The van der Waals surface area contributed by atoms with Crippen LogP contribution in [-0.2, 0) is 19.6 Å². The van der Waals surface area contributed by atoms with Gasteiger partial charge in [0.15, 0.2) is 0 Å². The maximum absolute atomic E-state index is 12.5. The molecule has 3 aliphatic carbocycles. The van der Waals surface area contributed by atoms with Crippen LogP contribution in [0.3, 0.4) is 0 Å². The normalized spacial score (nSPS) is 33.5. The van der Waals surface area contributed by atoms with E-state index in [-0.39, 0.29) is 13.0 Å². The van der Waals surface area contributed by atoms with Crippen LogP contribution in [0.4, 0.5) is 13.2 Å². The molecule has 26 heavy (non-hydrogen) atoms. The predicted octanol–water partition coefficient (Wildman–Crippen LogP) is 2.95. The molecule has 0 aromatic heterocycles. The Morgan fingerprint density at radius 2 is 2.12 bits per heavy atom. The molecule has 2 bridgehead atoms. The first-order valence-electron chi connectivity index (χ1n) is 8.59. The van der Waals surface area contributed by atoms with Crippen LogP contribution < -0.4 is 0 Å². The van der Waals surface area contributed by atoms with Crippen molar-refractivity contribution in [2.45, 2.75) is 44.5 Å². The van der Waals surface area contributed by atoms with Crippen LogP contribution >= 0.6 is 0 Å². The first-order valence-corrected chi connectivity index (χ1v) is 10.0. The van der Waals surface area contributed by atoms with Crippen molar-refractivity contribution in [2.24, 2.45) is 23.2 Å². The Morgan fingerprint density at radius 1 is 1.42 bits per heavy atom. The number of hydrogen-bond donors (Lipinski definition) is 0. The average molecular weight is 396 g/mol. The van der Waals surface area contributed by atoms with E-state index in [4.69, 9.17) is 4.74 Å². The molecule has 4 unspecified atom stereocenters. The van der Waals surface area contributed by atoms with E-state index < -0.39 is 37.9 Å². The highest BCUT2D eigenvalue weighted by molar-refractivity contribution is 7.90. The van der Waals surface area contributed by atoms with Gasteiger partial charge in [0, 0.05) is 6.54 Å². The second kappa shape index (κ2) is 6.49. The summed E-state index contributed by atoms with van der Waals surface area (Å²) in [5, 5.41) is 11.2. The van der Waals surface area contributed by atoms with E-state index >= 15 is 0 Å². The number of allylic oxidation sites excluding steroid dienone is 1. The number of hydrogen-bond acceptors (Lipinski definition) is 5. The molecule has 10 heteroatoms. The fourth-order valence-corrected chi connectivity index (χ4v) is 5.12.